The van der Waals surface area contributed by atoms with Crippen molar-refractivity contribution in [2.45, 2.75) is 37.3 Å². The molecule has 2 atom stereocenters. The van der Waals surface area contributed by atoms with Crippen molar-refractivity contribution in [3.8, 4) is 0 Å². The lowest BCUT2D eigenvalue weighted by Crippen LogP contribution is -2.82. The van der Waals surface area contributed by atoms with Crippen LogP contribution >= 0.6 is 0 Å². The summed E-state index contributed by atoms with van der Waals surface area (Å²) in [7, 11) is 0. The molecule has 1 fully saturated rings. The first-order chi connectivity index (χ1) is 5.07. The van der Waals surface area contributed by atoms with Crippen molar-refractivity contribution in [3.05, 3.63) is 0 Å². The smallest absolute Gasteiger partial charge is 0.368 e. The number of hydrogen-bond acceptors (Lipinski definition) is 2. The minimum atomic E-state index is -1.14. The molecule has 0 amide bonds. The number of carboxylic acids is 1. The van der Waals surface area contributed by atoms with Crippen molar-refractivity contribution in [1.29, 1.82) is 0 Å². The molecule has 4 heteroatoms. The summed E-state index contributed by atoms with van der Waals surface area (Å²) in [5.41, 5.74) is 2.42. The van der Waals surface area contributed by atoms with Crippen LogP contribution in [-0.2, 0) is 4.79 Å². The van der Waals surface area contributed by atoms with Gasteiger partial charge < -0.3 is 15.9 Å². The highest BCUT2D eigenvalue weighted by molar-refractivity contribution is 5.77. The van der Waals surface area contributed by atoms with Gasteiger partial charge in [-0.2, -0.15) is 0 Å². The second kappa shape index (κ2) is 2.79. The van der Waals surface area contributed by atoms with E-state index in [0.29, 0.717) is 12.8 Å². The molecule has 1 aliphatic rings. The number of carboxylic acid groups (broad SMARTS) is 1. The fraction of sp³-hybridized carbons (Fsp3) is 0.857. The largest absolute Gasteiger partial charge is 0.477 e. The van der Waals surface area contributed by atoms with E-state index in [1.807, 2.05) is 0 Å². The summed E-state index contributed by atoms with van der Waals surface area (Å²) >= 11 is 0. The fourth-order valence-corrected chi connectivity index (χ4v) is 1.47. The number of aliphatic carboxylic acids is 1. The molecular weight excluding hydrogens is 146 g/mol. The Morgan fingerprint density at radius 1 is 1.55 bits per heavy atom. The molecule has 1 saturated carbocycles. The van der Waals surface area contributed by atoms with Gasteiger partial charge >= 0.3 is 5.97 Å². The number of rotatable bonds is 1. The average molecular weight is 160 g/mol. The maximum atomic E-state index is 10.7. The van der Waals surface area contributed by atoms with Crippen LogP contribution in [-0.4, -0.2) is 27.8 Å². The second-order valence-electron chi connectivity index (χ2n) is 3.22. The van der Waals surface area contributed by atoms with E-state index in [-0.39, 0.29) is 0 Å². The first kappa shape index (κ1) is 8.49. The minimum Gasteiger partial charge on any atom is -0.477 e. The average Bonchev–Trinajstić information content (AvgIpc) is 1.95. The van der Waals surface area contributed by atoms with Crippen LogP contribution in [0.25, 0.3) is 0 Å². The molecule has 0 aliphatic heterocycles. The van der Waals surface area contributed by atoms with Crippen molar-refractivity contribution in [1.82, 2.24) is 0 Å². The third kappa shape index (κ3) is 1.36. The Morgan fingerprint density at radius 2 is 2.18 bits per heavy atom. The van der Waals surface area contributed by atoms with Crippen LogP contribution in [0.3, 0.4) is 0 Å². The lowest BCUT2D eigenvalue weighted by Gasteiger charge is -2.30. The third-order valence-corrected chi connectivity index (χ3v) is 2.41. The van der Waals surface area contributed by atoms with Gasteiger partial charge in [-0.05, 0) is 12.8 Å². The van der Waals surface area contributed by atoms with Crippen LogP contribution in [0.1, 0.15) is 25.7 Å². The summed E-state index contributed by atoms with van der Waals surface area (Å²) in [5, 5.41) is 18.1. The highest BCUT2D eigenvalue weighted by Gasteiger charge is 2.47. The second-order valence-corrected chi connectivity index (χ2v) is 3.22. The summed E-state index contributed by atoms with van der Waals surface area (Å²) < 4.78 is 0. The Hall–Kier alpha value is -0.610. The number of aliphatic hydroxyl groups is 1. The lowest BCUT2D eigenvalue weighted by molar-refractivity contribution is -0.485. The molecule has 0 saturated heterocycles. The maximum absolute atomic E-state index is 10.7. The SMILES string of the molecule is [NH3+][C@@]1(C(=O)O)CCCC[C@@H]1O. The predicted octanol–water partition coefficient (Wildman–Crippen LogP) is -1.01. The zero-order valence-corrected chi connectivity index (χ0v) is 6.42. The Kier molecular flexibility index (Phi) is 2.15. The van der Waals surface area contributed by atoms with Gasteiger partial charge in [0.15, 0.2) is 0 Å². The van der Waals surface area contributed by atoms with Crippen molar-refractivity contribution in [2.24, 2.45) is 0 Å². The van der Waals surface area contributed by atoms with Crippen LogP contribution < -0.4 is 5.73 Å². The van der Waals surface area contributed by atoms with Crippen LogP contribution in [0, 0.1) is 0 Å². The molecule has 0 spiro atoms. The molecule has 0 bridgehead atoms. The first-order valence-electron chi connectivity index (χ1n) is 3.84. The van der Waals surface area contributed by atoms with E-state index in [0.717, 1.165) is 12.8 Å². The molecule has 11 heavy (non-hydrogen) atoms. The highest BCUT2D eigenvalue weighted by atomic mass is 16.4. The Bertz CT molecular complexity index is 171. The third-order valence-electron chi connectivity index (χ3n) is 2.41. The van der Waals surface area contributed by atoms with E-state index in [9.17, 15) is 9.90 Å². The van der Waals surface area contributed by atoms with Crippen LogP contribution in [0.2, 0.25) is 0 Å². The quantitative estimate of drug-likeness (QED) is 0.459. The molecule has 5 N–H and O–H groups in total. The Morgan fingerprint density at radius 3 is 2.55 bits per heavy atom. The molecule has 0 heterocycles. The molecule has 0 unspecified atom stereocenters. The van der Waals surface area contributed by atoms with E-state index in [1.54, 1.807) is 0 Å². The lowest BCUT2D eigenvalue weighted by atomic mass is 9.80. The summed E-state index contributed by atoms with van der Waals surface area (Å²) in [6.07, 6.45) is 2.05. The van der Waals surface area contributed by atoms with Gasteiger partial charge in [0.25, 0.3) is 0 Å². The van der Waals surface area contributed by atoms with Crippen LogP contribution in [0.15, 0.2) is 0 Å². The predicted molar refractivity (Wildman–Crippen MR) is 37.7 cm³/mol. The zero-order valence-electron chi connectivity index (χ0n) is 6.42. The van der Waals surface area contributed by atoms with E-state index < -0.39 is 17.6 Å². The number of hydrogen-bond donors (Lipinski definition) is 3. The normalized spacial score (nSPS) is 38.5. The summed E-state index contributed by atoms with van der Waals surface area (Å²) in [4.78, 5) is 10.7. The molecule has 0 aromatic heterocycles. The number of aliphatic hydroxyl groups excluding tert-OH is 1. The fourth-order valence-electron chi connectivity index (χ4n) is 1.47. The van der Waals surface area contributed by atoms with Gasteiger partial charge in [-0.25, -0.2) is 4.79 Å². The molecular formula is C7H14NO3+. The van der Waals surface area contributed by atoms with Crippen LogP contribution in [0.5, 0.6) is 0 Å². The number of quaternary nitrogens is 1. The van der Waals surface area contributed by atoms with Gasteiger partial charge in [-0.15, -0.1) is 0 Å². The minimum absolute atomic E-state index is 0.490. The Balaban J connectivity index is 2.72. The standard InChI is InChI=1S/C7H13NO3/c8-7(6(10)11)4-2-1-3-5(7)9/h5,9H,1-4,8H2,(H,10,11)/p+1/t5-,7-/m0/s1. The van der Waals surface area contributed by atoms with Gasteiger partial charge in [0.2, 0.25) is 5.54 Å². The van der Waals surface area contributed by atoms with Crippen molar-refractivity contribution >= 4 is 5.97 Å². The van der Waals surface area contributed by atoms with Crippen LogP contribution in [0.4, 0.5) is 0 Å². The molecule has 0 aromatic carbocycles. The van der Waals surface area contributed by atoms with Gasteiger partial charge in [0.05, 0.1) is 0 Å². The van der Waals surface area contributed by atoms with Gasteiger partial charge in [-0.1, -0.05) is 6.42 Å². The van der Waals surface area contributed by atoms with E-state index in [4.69, 9.17) is 5.11 Å². The molecule has 1 rings (SSSR count). The maximum Gasteiger partial charge on any atom is 0.368 e. The van der Waals surface area contributed by atoms with E-state index >= 15 is 0 Å². The molecule has 4 nitrogen and oxygen atoms in total. The van der Waals surface area contributed by atoms with Gasteiger partial charge in [-0.3, -0.25) is 0 Å². The first-order valence-corrected chi connectivity index (χ1v) is 3.84. The number of carbonyl (C=O) groups is 1. The van der Waals surface area contributed by atoms with E-state index in [1.165, 1.54) is 0 Å². The van der Waals surface area contributed by atoms with Gasteiger partial charge in [0.1, 0.15) is 6.10 Å². The van der Waals surface area contributed by atoms with Gasteiger partial charge in [0, 0.05) is 6.42 Å². The molecule has 0 aromatic rings. The molecule has 0 radical (unpaired) electrons. The summed E-state index contributed by atoms with van der Waals surface area (Å²) in [6.45, 7) is 0. The van der Waals surface area contributed by atoms with Crippen molar-refractivity contribution in [2.75, 3.05) is 0 Å². The topological polar surface area (TPSA) is 85.2 Å². The summed E-state index contributed by atoms with van der Waals surface area (Å²) in [6, 6.07) is 0. The Labute approximate surface area is 65.0 Å². The van der Waals surface area contributed by atoms with E-state index in [2.05, 4.69) is 5.73 Å². The zero-order chi connectivity index (χ0) is 8.48. The van der Waals surface area contributed by atoms with Crippen molar-refractivity contribution in [3.63, 3.8) is 0 Å². The highest BCUT2D eigenvalue weighted by Crippen LogP contribution is 2.24. The van der Waals surface area contributed by atoms with Crippen molar-refractivity contribution < 1.29 is 20.7 Å². The molecule has 64 valence electrons. The molecule has 1 aliphatic carbocycles. The summed E-state index contributed by atoms with van der Waals surface area (Å²) in [5.74, 6) is -0.982. The monoisotopic (exact) mass is 160 g/mol.